The fourth-order valence-corrected chi connectivity index (χ4v) is 3.61. The van der Waals surface area contributed by atoms with Crippen LogP contribution in [0.5, 0.6) is 0 Å². The van der Waals surface area contributed by atoms with Crippen LogP contribution in [0.15, 0.2) is 64.0 Å². The van der Waals surface area contributed by atoms with Crippen molar-refractivity contribution in [2.45, 2.75) is 17.7 Å². The maximum absolute atomic E-state index is 12.2. The lowest BCUT2D eigenvalue weighted by atomic mass is 10.1. The van der Waals surface area contributed by atoms with Crippen LogP contribution in [-0.2, 0) is 22.9 Å². The summed E-state index contributed by atoms with van der Waals surface area (Å²) in [6.45, 7) is 0.237. The number of nitrogens with one attached hydrogen (secondary N) is 2. The minimum Gasteiger partial charge on any atom is -0.263 e. The predicted octanol–water partition coefficient (Wildman–Crippen LogP) is 2.68. The number of nitrogens with zero attached hydrogens (tertiary/aromatic N) is 2. The average Bonchev–Trinajstić information content (AvgIpc) is 3.03. The Hall–Kier alpha value is -2.03. The van der Waals surface area contributed by atoms with Gasteiger partial charge < -0.3 is 0 Å². The van der Waals surface area contributed by atoms with Crippen molar-refractivity contribution < 1.29 is 8.42 Å². The Kier molecular flexibility index (Phi) is 5.62. The summed E-state index contributed by atoms with van der Waals surface area (Å²) >= 11 is 3.29. The Morgan fingerprint density at radius 1 is 1.04 bits per heavy atom. The van der Waals surface area contributed by atoms with Crippen LogP contribution in [0.4, 0.5) is 0 Å². The molecule has 0 aliphatic rings. The van der Waals surface area contributed by atoms with Gasteiger partial charge in [-0.1, -0.05) is 46.3 Å². The van der Waals surface area contributed by atoms with Crippen molar-refractivity contribution >= 4 is 26.0 Å². The molecule has 0 saturated heterocycles. The molecule has 0 amide bonds. The number of benzene rings is 2. The number of H-pyrrole nitrogens is 1. The molecule has 3 rings (SSSR count). The van der Waals surface area contributed by atoms with Gasteiger partial charge in [0.05, 0.1) is 4.90 Å². The lowest BCUT2D eigenvalue weighted by Gasteiger charge is -2.05. The van der Waals surface area contributed by atoms with Crippen LogP contribution in [-0.4, -0.2) is 30.1 Å². The molecule has 0 spiro atoms. The van der Waals surface area contributed by atoms with Crippen molar-refractivity contribution in [2.24, 2.45) is 0 Å². The topological polar surface area (TPSA) is 87.7 Å². The van der Waals surface area contributed by atoms with Gasteiger partial charge in [-0.15, -0.1) is 0 Å². The van der Waals surface area contributed by atoms with E-state index in [4.69, 9.17) is 0 Å². The highest BCUT2D eigenvalue weighted by molar-refractivity contribution is 9.10. The van der Waals surface area contributed by atoms with Crippen molar-refractivity contribution in [2.75, 3.05) is 6.54 Å². The van der Waals surface area contributed by atoms with E-state index < -0.39 is 10.0 Å². The zero-order chi connectivity index (χ0) is 17.7. The molecule has 130 valence electrons. The zero-order valence-electron chi connectivity index (χ0n) is 13.3. The van der Waals surface area contributed by atoms with Crippen LogP contribution in [0.3, 0.4) is 0 Å². The summed E-state index contributed by atoms with van der Waals surface area (Å²) in [4.78, 5) is 4.63. The number of hydrogen-bond donors (Lipinski definition) is 2. The van der Waals surface area contributed by atoms with Crippen molar-refractivity contribution in [3.63, 3.8) is 0 Å². The first-order valence-corrected chi connectivity index (χ1v) is 10.00. The van der Waals surface area contributed by atoms with E-state index in [1.165, 1.54) is 0 Å². The molecule has 0 saturated carbocycles. The van der Waals surface area contributed by atoms with Gasteiger partial charge in [-0.05, 0) is 29.8 Å². The first-order valence-electron chi connectivity index (χ1n) is 7.72. The molecule has 0 bridgehead atoms. The molecule has 0 aliphatic heterocycles. The van der Waals surface area contributed by atoms with Crippen LogP contribution >= 0.6 is 15.9 Å². The number of aromatic amines is 1. The van der Waals surface area contributed by atoms with E-state index in [0.717, 1.165) is 15.9 Å². The van der Waals surface area contributed by atoms with Crippen molar-refractivity contribution in [1.82, 2.24) is 19.9 Å². The average molecular weight is 421 g/mol. The highest BCUT2D eigenvalue weighted by atomic mass is 79.9. The SMILES string of the molecule is O=S(=O)(NCCc1n[nH]c(Cc2ccccc2)n1)c1ccc(Br)cc1. The van der Waals surface area contributed by atoms with Crippen molar-refractivity contribution in [3.05, 3.63) is 76.3 Å². The van der Waals surface area contributed by atoms with E-state index in [2.05, 4.69) is 35.8 Å². The lowest BCUT2D eigenvalue weighted by molar-refractivity contribution is 0.581. The standard InChI is InChI=1S/C17H17BrN4O2S/c18-14-6-8-15(9-7-14)25(23,24)19-11-10-16-20-17(22-21-16)12-13-4-2-1-3-5-13/h1-9,19H,10-12H2,(H,20,21,22). The molecule has 1 aromatic heterocycles. The van der Waals surface area contributed by atoms with Gasteiger partial charge >= 0.3 is 0 Å². The molecule has 6 nitrogen and oxygen atoms in total. The smallest absolute Gasteiger partial charge is 0.240 e. The second-order valence-electron chi connectivity index (χ2n) is 5.46. The zero-order valence-corrected chi connectivity index (χ0v) is 15.7. The maximum Gasteiger partial charge on any atom is 0.240 e. The van der Waals surface area contributed by atoms with Crippen LogP contribution in [0, 0.1) is 0 Å². The molecule has 1 heterocycles. The minimum absolute atomic E-state index is 0.232. The van der Waals surface area contributed by atoms with Crippen LogP contribution in [0.1, 0.15) is 17.2 Å². The van der Waals surface area contributed by atoms with Gasteiger partial charge in [-0.3, -0.25) is 5.10 Å². The second kappa shape index (κ2) is 7.90. The van der Waals surface area contributed by atoms with Crippen LogP contribution in [0.2, 0.25) is 0 Å². The Bertz CT molecular complexity index is 925. The highest BCUT2D eigenvalue weighted by Crippen LogP contribution is 2.14. The number of halogens is 1. The van der Waals surface area contributed by atoms with Gasteiger partial charge in [-0.25, -0.2) is 18.1 Å². The molecule has 8 heteroatoms. The van der Waals surface area contributed by atoms with Gasteiger partial charge in [0.1, 0.15) is 5.82 Å². The van der Waals surface area contributed by atoms with E-state index in [1.54, 1.807) is 24.3 Å². The third-order valence-corrected chi connectivity index (χ3v) is 5.56. The first-order chi connectivity index (χ1) is 12.0. The van der Waals surface area contributed by atoms with Gasteiger partial charge in [0.25, 0.3) is 0 Å². The summed E-state index contributed by atoms with van der Waals surface area (Å²) in [5, 5.41) is 7.04. The molecular formula is C17H17BrN4O2S. The van der Waals surface area contributed by atoms with Gasteiger partial charge in [0.15, 0.2) is 5.82 Å². The Morgan fingerprint density at radius 2 is 1.76 bits per heavy atom. The van der Waals surface area contributed by atoms with Crippen LogP contribution in [0.25, 0.3) is 0 Å². The van der Waals surface area contributed by atoms with Gasteiger partial charge in [0.2, 0.25) is 10.0 Å². The maximum atomic E-state index is 12.2. The highest BCUT2D eigenvalue weighted by Gasteiger charge is 2.13. The number of sulfonamides is 1. The molecule has 0 radical (unpaired) electrons. The number of aromatic nitrogens is 3. The van der Waals surface area contributed by atoms with E-state index in [-0.39, 0.29) is 11.4 Å². The molecule has 2 aromatic carbocycles. The largest absolute Gasteiger partial charge is 0.263 e. The minimum atomic E-state index is -3.53. The first kappa shape index (κ1) is 17.8. The Morgan fingerprint density at radius 3 is 2.48 bits per heavy atom. The molecule has 0 fully saturated rings. The third kappa shape index (κ3) is 4.97. The summed E-state index contributed by atoms with van der Waals surface area (Å²) in [5.41, 5.74) is 1.14. The monoisotopic (exact) mass is 420 g/mol. The van der Waals surface area contributed by atoms with E-state index in [1.807, 2.05) is 30.3 Å². The summed E-state index contributed by atoms with van der Waals surface area (Å²) in [6, 6.07) is 16.5. The van der Waals surface area contributed by atoms with E-state index in [0.29, 0.717) is 18.7 Å². The van der Waals surface area contributed by atoms with Crippen molar-refractivity contribution in [3.8, 4) is 0 Å². The molecule has 2 N–H and O–H groups in total. The third-order valence-electron chi connectivity index (χ3n) is 3.56. The normalized spacial score (nSPS) is 11.6. The fourth-order valence-electron chi connectivity index (χ4n) is 2.31. The summed E-state index contributed by atoms with van der Waals surface area (Å²) in [6.07, 6.45) is 1.08. The van der Waals surface area contributed by atoms with E-state index >= 15 is 0 Å². The van der Waals surface area contributed by atoms with Crippen LogP contribution < -0.4 is 4.72 Å². The summed E-state index contributed by atoms with van der Waals surface area (Å²) in [7, 11) is -3.53. The molecule has 0 atom stereocenters. The van der Waals surface area contributed by atoms with Gasteiger partial charge in [-0.2, -0.15) is 5.10 Å². The van der Waals surface area contributed by atoms with Gasteiger partial charge in [0, 0.05) is 23.9 Å². The fraction of sp³-hybridized carbons (Fsp3) is 0.176. The quantitative estimate of drug-likeness (QED) is 0.614. The van der Waals surface area contributed by atoms with E-state index in [9.17, 15) is 8.42 Å². The van der Waals surface area contributed by atoms with Crippen molar-refractivity contribution in [1.29, 1.82) is 0 Å². The molecule has 0 aliphatic carbocycles. The number of rotatable bonds is 7. The Labute approximate surface area is 154 Å². The summed E-state index contributed by atoms with van der Waals surface area (Å²) < 4.78 is 27.8. The molecule has 3 aromatic rings. The number of hydrogen-bond acceptors (Lipinski definition) is 4. The molecular weight excluding hydrogens is 404 g/mol. The lowest BCUT2D eigenvalue weighted by Crippen LogP contribution is -2.26. The molecule has 0 unspecified atom stereocenters. The second-order valence-corrected chi connectivity index (χ2v) is 8.15. The summed E-state index contributed by atoms with van der Waals surface area (Å²) in [5.74, 6) is 1.35. The predicted molar refractivity (Wildman–Crippen MR) is 98.7 cm³/mol. The molecule has 25 heavy (non-hydrogen) atoms. The Balaban J connectivity index is 1.55.